The molecule has 0 saturated carbocycles. The molecule has 88 valence electrons. The molecule has 1 fully saturated rings. The highest BCUT2D eigenvalue weighted by Gasteiger charge is 2.25. The number of nitrogens with zero attached hydrogens (tertiary/aromatic N) is 2. The Kier molecular flexibility index (Phi) is 5.05. The predicted molar refractivity (Wildman–Crippen MR) is 61.6 cm³/mol. The molecule has 0 aliphatic carbocycles. The van der Waals surface area contributed by atoms with Crippen LogP contribution in [0.4, 0.5) is 0 Å². The van der Waals surface area contributed by atoms with Gasteiger partial charge in [-0.3, -0.25) is 9.69 Å². The average molecular weight is 213 g/mol. The van der Waals surface area contributed by atoms with Gasteiger partial charge in [0.1, 0.15) is 0 Å². The van der Waals surface area contributed by atoms with Crippen molar-refractivity contribution >= 4 is 5.91 Å². The van der Waals surface area contributed by atoms with Crippen LogP contribution < -0.4 is 5.73 Å². The van der Waals surface area contributed by atoms with E-state index in [9.17, 15) is 4.79 Å². The van der Waals surface area contributed by atoms with Gasteiger partial charge in [0.2, 0.25) is 5.91 Å². The third-order valence-corrected chi connectivity index (χ3v) is 3.08. The number of likely N-dealkylation sites (N-methyl/N-ethyl adjacent to an activating group) is 1. The quantitative estimate of drug-likeness (QED) is 0.713. The zero-order chi connectivity index (χ0) is 11.3. The van der Waals surface area contributed by atoms with Gasteiger partial charge >= 0.3 is 0 Å². The van der Waals surface area contributed by atoms with Gasteiger partial charge in [-0.2, -0.15) is 0 Å². The molecule has 15 heavy (non-hydrogen) atoms. The van der Waals surface area contributed by atoms with E-state index in [1.807, 2.05) is 14.1 Å². The Labute approximate surface area is 92.4 Å². The molecule has 1 rings (SSSR count). The van der Waals surface area contributed by atoms with Crippen molar-refractivity contribution in [2.24, 2.45) is 5.73 Å². The number of carbonyl (C=O) groups is 1. The highest BCUT2D eigenvalue weighted by Crippen LogP contribution is 2.20. The Balaban J connectivity index is 2.36. The van der Waals surface area contributed by atoms with Crippen LogP contribution in [-0.2, 0) is 4.79 Å². The van der Waals surface area contributed by atoms with Gasteiger partial charge in [0.05, 0.1) is 6.54 Å². The lowest BCUT2D eigenvalue weighted by atomic mass is 10.1. The van der Waals surface area contributed by atoms with Crippen LogP contribution in [0.25, 0.3) is 0 Å². The lowest BCUT2D eigenvalue weighted by Gasteiger charge is -2.25. The van der Waals surface area contributed by atoms with Gasteiger partial charge in [-0.25, -0.2) is 0 Å². The van der Waals surface area contributed by atoms with Crippen molar-refractivity contribution in [3.05, 3.63) is 0 Å². The van der Waals surface area contributed by atoms with E-state index in [2.05, 4.69) is 4.90 Å². The summed E-state index contributed by atoms with van der Waals surface area (Å²) in [6.45, 7) is 2.39. The second-order valence-electron chi connectivity index (χ2n) is 4.49. The summed E-state index contributed by atoms with van der Waals surface area (Å²) in [4.78, 5) is 15.5. The van der Waals surface area contributed by atoms with Gasteiger partial charge in [0, 0.05) is 20.1 Å². The molecule has 0 aromatic heterocycles. The van der Waals surface area contributed by atoms with Crippen LogP contribution in [0.5, 0.6) is 0 Å². The first-order valence-corrected chi connectivity index (χ1v) is 5.79. The molecule has 1 atom stereocenters. The Morgan fingerprint density at radius 1 is 1.53 bits per heavy atom. The van der Waals surface area contributed by atoms with Crippen LogP contribution >= 0.6 is 0 Å². The van der Waals surface area contributed by atoms with Crippen LogP contribution in [0.2, 0.25) is 0 Å². The number of amides is 1. The normalized spacial score (nSPS) is 21.9. The number of likely N-dealkylation sites (tertiary alicyclic amines) is 1. The Morgan fingerprint density at radius 2 is 2.27 bits per heavy atom. The van der Waals surface area contributed by atoms with E-state index in [-0.39, 0.29) is 5.91 Å². The molecule has 1 saturated heterocycles. The molecule has 4 nitrogen and oxygen atoms in total. The van der Waals surface area contributed by atoms with Crippen LogP contribution in [-0.4, -0.2) is 55.5 Å². The summed E-state index contributed by atoms with van der Waals surface area (Å²) in [7, 11) is 3.63. The van der Waals surface area contributed by atoms with Gasteiger partial charge < -0.3 is 10.6 Å². The number of nitrogens with two attached hydrogens (primary N) is 1. The van der Waals surface area contributed by atoms with Crippen LogP contribution in [0.3, 0.4) is 0 Å². The number of hydrogen-bond acceptors (Lipinski definition) is 3. The minimum absolute atomic E-state index is 0.203. The van der Waals surface area contributed by atoms with E-state index in [0.29, 0.717) is 12.6 Å². The molecular weight excluding hydrogens is 190 g/mol. The second kappa shape index (κ2) is 6.08. The lowest BCUT2D eigenvalue weighted by molar-refractivity contribution is -0.130. The Hall–Kier alpha value is -0.610. The SMILES string of the molecule is CN(C)C(=O)CN1CCCC1CCCN. The molecular formula is C11H23N3O. The third-order valence-electron chi connectivity index (χ3n) is 3.08. The highest BCUT2D eigenvalue weighted by atomic mass is 16.2. The molecule has 0 aromatic carbocycles. The largest absolute Gasteiger partial charge is 0.348 e. The summed E-state index contributed by atoms with van der Waals surface area (Å²) in [5.74, 6) is 0.203. The van der Waals surface area contributed by atoms with Crippen LogP contribution in [0, 0.1) is 0 Å². The molecule has 1 amide bonds. The lowest BCUT2D eigenvalue weighted by Crippen LogP contribution is -2.39. The predicted octanol–water partition coefficient (Wildman–Crippen LogP) is 0.278. The summed E-state index contributed by atoms with van der Waals surface area (Å²) in [6, 6.07) is 0.581. The van der Waals surface area contributed by atoms with E-state index in [0.717, 1.165) is 25.9 Å². The summed E-state index contributed by atoms with van der Waals surface area (Å²) in [5, 5.41) is 0. The van der Waals surface area contributed by atoms with Crippen molar-refractivity contribution in [2.75, 3.05) is 33.7 Å². The van der Waals surface area contributed by atoms with E-state index >= 15 is 0 Å². The number of hydrogen-bond donors (Lipinski definition) is 1. The second-order valence-corrected chi connectivity index (χ2v) is 4.49. The minimum Gasteiger partial charge on any atom is -0.348 e. The zero-order valence-electron chi connectivity index (χ0n) is 9.91. The average Bonchev–Trinajstić information content (AvgIpc) is 2.62. The third kappa shape index (κ3) is 3.80. The first-order chi connectivity index (χ1) is 7.15. The van der Waals surface area contributed by atoms with E-state index in [1.165, 1.54) is 12.8 Å². The summed E-state index contributed by atoms with van der Waals surface area (Å²) in [5.41, 5.74) is 5.51. The molecule has 0 spiro atoms. The van der Waals surface area contributed by atoms with Crippen molar-refractivity contribution < 1.29 is 4.79 Å². The van der Waals surface area contributed by atoms with Crippen molar-refractivity contribution in [1.82, 2.24) is 9.80 Å². The van der Waals surface area contributed by atoms with E-state index in [4.69, 9.17) is 5.73 Å². The molecule has 1 aliphatic heterocycles. The highest BCUT2D eigenvalue weighted by molar-refractivity contribution is 5.77. The molecule has 1 aliphatic rings. The van der Waals surface area contributed by atoms with Crippen molar-refractivity contribution in [2.45, 2.75) is 31.7 Å². The Morgan fingerprint density at radius 3 is 2.87 bits per heavy atom. The summed E-state index contributed by atoms with van der Waals surface area (Å²) in [6.07, 6.45) is 4.64. The summed E-state index contributed by atoms with van der Waals surface area (Å²) < 4.78 is 0. The van der Waals surface area contributed by atoms with Gasteiger partial charge in [-0.15, -0.1) is 0 Å². The fourth-order valence-electron chi connectivity index (χ4n) is 2.10. The first kappa shape index (κ1) is 12.5. The van der Waals surface area contributed by atoms with Gasteiger partial charge in [-0.1, -0.05) is 0 Å². The first-order valence-electron chi connectivity index (χ1n) is 5.79. The van der Waals surface area contributed by atoms with Crippen LogP contribution in [0.15, 0.2) is 0 Å². The van der Waals surface area contributed by atoms with Crippen LogP contribution in [0.1, 0.15) is 25.7 Å². The fraction of sp³-hybridized carbons (Fsp3) is 0.909. The van der Waals surface area contributed by atoms with Crippen molar-refractivity contribution in [3.8, 4) is 0 Å². The molecule has 1 unspecified atom stereocenters. The topological polar surface area (TPSA) is 49.6 Å². The maximum absolute atomic E-state index is 11.6. The molecule has 0 aromatic rings. The van der Waals surface area contributed by atoms with E-state index in [1.54, 1.807) is 4.90 Å². The number of carbonyl (C=O) groups excluding carboxylic acids is 1. The molecule has 2 N–H and O–H groups in total. The zero-order valence-corrected chi connectivity index (χ0v) is 9.91. The molecule has 1 heterocycles. The maximum atomic E-state index is 11.6. The molecule has 0 radical (unpaired) electrons. The van der Waals surface area contributed by atoms with Gasteiger partial charge in [0.25, 0.3) is 0 Å². The minimum atomic E-state index is 0.203. The molecule has 0 bridgehead atoms. The van der Waals surface area contributed by atoms with Crippen molar-refractivity contribution in [3.63, 3.8) is 0 Å². The standard InChI is InChI=1S/C11H23N3O/c1-13(2)11(15)9-14-8-4-6-10(14)5-3-7-12/h10H,3-9,12H2,1-2H3. The smallest absolute Gasteiger partial charge is 0.236 e. The monoisotopic (exact) mass is 213 g/mol. The summed E-state index contributed by atoms with van der Waals surface area (Å²) >= 11 is 0. The Bertz CT molecular complexity index is 206. The number of rotatable bonds is 5. The van der Waals surface area contributed by atoms with Gasteiger partial charge in [0.15, 0.2) is 0 Å². The van der Waals surface area contributed by atoms with E-state index < -0.39 is 0 Å². The fourth-order valence-corrected chi connectivity index (χ4v) is 2.10. The molecule has 4 heteroatoms. The van der Waals surface area contributed by atoms with Crippen molar-refractivity contribution in [1.29, 1.82) is 0 Å². The van der Waals surface area contributed by atoms with Gasteiger partial charge in [-0.05, 0) is 38.8 Å². The maximum Gasteiger partial charge on any atom is 0.236 e.